The van der Waals surface area contributed by atoms with E-state index in [0.29, 0.717) is 12.3 Å². The molecule has 4 rings (SSSR count). The van der Waals surface area contributed by atoms with Crippen molar-refractivity contribution in [2.24, 2.45) is 0 Å². The number of hydrogen-bond acceptors (Lipinski definition) is 4. The average Bonchev–Trinajstić information content (AvgIpc) is 3.16. The summed E-state index contributed by atoms with van der Waals surface area (Å²) in [5.41, 5.74) is 2.87. The number of hydrogen-bond donors (Lipinski definition) is 0. The first-order valence-electron chi connectivity index (χ1n) is 9.49. The molecule has 2 heterocycles. The number of carbonyl (C=O) groups is 1. The molecule has 0 atom stereocenters. The minimum absolute atomic E-state index is 0.217. The highest BCUT2D eigenvalue weighted by atomic mass is 16.5. The van der Waals surface area contributed by atoms with E-state index in [2.05, 4.69) is 4.98 Å². The molecule has 1 aliphatic heterocycles. The number of carbonyl (C=O) groups excluding carboxylic acids is 1. The molecule has 0 unspecified atom stereocenters. The average molecular weight is 364 g/mol. The van der Waals surface area contributed by atoms with Crippen LogP contribution in [0.25, 0.3) is 11.1 Å². The van der Waals surface area contributed by atoms with Crippen LogP contribution >= 0.6 is 0 Å². The maximum atomic E-state index is 12.6. The Balaban J connectivity index is 1.31. The van der Waals surface area contributed by atoms with E-state index in [9.17, 15) is 4.79 Å². The van der Waals surface area contributed by atoms with Gasteiger partial charge in [0.2, 0.25) is 5.91 Å². The number of aromatic nitrogens is 1. The fraction of sp³-hybridized carbons (Fsp3) is 0.364. The van der Waals surface area contributed by atoms with Crippen LogP contribution < -0.4 is 4.74 Å². The summed E-state index contributed by atoms with van der Waals surface area (Å²) >= 11 is 0. The highest BCUT2D eigenvalue weighted by Gasteiger charge is 2.26. The highest BCUT2D eigenvalue weighted by Crippen LogP contribution is 2.30. The Morgan fingerprint density at radius 1 is 1.19 bits per heavy atom. The first-order chi connectivity index (χ1) is 13.2. The van der Waals surface area contributed by atoms with Crippen molar-refractivity contribution in [2.75, 3.05) is 20.2 Å². The lowest BCUT2D eigenvalue weighted by Gasteiger charge is -2.30. The highest BCUT2D eigenvalue weighted by molar-refractivity contribution is 5.76. The standard InChI is InChI=1S/C22H24N2O3/c1-26-18-6-4-5-16(15-18)9-10-21(25)24-13-11-17(12-14-24)22-23-19-7-2-3-8-20(19)27-22/h2-8,15,17H,9-14H2,1H3. The van der Waals surface area contributed by atoms with Crippen molar-refractivity contribution in [1.29, 1.82) is 0 Å². The van der Waals surface area contributed by atoms with Crippen molar-refractivity contribution in [3.05, 3.63) is 60.0 Å². The molecular weight excluding hydrogens is 340 g/mol. The molecule has 2 aromatic carbocycles. The Hall–Kier alpha value is -2.82. The number of nitrogens with zero attached hydrogens (tertiary/aromatic N) is 2. The third-order valence-electron chi connectivity index (χ3n) is 5.27. The van der Waals surface area contributed by atoms with Gasteiger partial charge in [-0.1, -0.05) is 24.3 Å². The van der Waals surface area contributed by atoms with Gasteiger partial charge in [-0.05, 0) is 49.1 Å². The van der Waals surface area contributed by atoms with E-state index in [0.717, 1.165) is 60.7 Å². The first-order valence-corrected chi connectivity index (χ1v) is 9.49. The van der Waals surface area contributed by atoms with Gasteiger partial charge in [0.15, 0.2) is 11.5 Å². The third-order valence-corrected chi connectivity index (χ3v) is 5.27. The van der Waals surface area contributed by atoms with Crippen LogP contribution in [0, 0.1) is 0 Å². The molecular formula is C22H24N2O3. The van der Waals surface area contributed by atoms with Gasteiger partial charge in [-0.2, -0.15) is 0 Å². The van der Waals surface area contributed by atoms with Crippen LogP contribution in [0.5, 0.6) is 5.75 Å². The molecule has 27 heavy (non-hydrogen) atoms. The van der Waals surface area contributed by atoms with E-state index in [-0.39, 0.29) is 5.91 Å². The van der Waals surface area contributed by atoms with Crippen LogP contribution in [0.15, 0.2) is 52.9 Å². The van der Waals surface area contributed by atoms with E-state index in [1.807, 2.05) is 53.4 Å². The van der Waals surface area contributed by atoms with Crippen LogP contribution in [-0.4, -0.2) is 36.0 Å². The molecule has 0 saturated carbocycles. The molecule has 140 valence electrons. The molecule has 0 aliphatic carbocycles. The molecule has 1 saturated heterocycles. The van der Waals surface area contributed by atoms with E-state index in [1.54, 1.807) is 7.11 Å². The van der Waals surface area contributed by atoms with Crippen molar-refractivity contribution in [3.8, 4) is 5.75 Å². The molecule has 3 aromatic rings. The molecule has 0 spiro atoms. The zero-order chi connectivity index (χ0) is 18.6. The van der Waals surface area contributed by atoms with E-state index in [1.165, 1.54) is 0 Å². The second kappa shape index (κ2) is 7.82. The van der Waals surface area contributed by atoms with Gasteiger partial charge in [0.25, 0.3) is 0 Å². The summed E-state index contributed by atoms with van der Waals surface area (Å²) in [6, 6.07) is 15.8. The lowest BCUT2D eigenvalue weighted by atomic mass is 9.96. The summed E-state index contributed by atoms with van der Waals surface area (Å²) < 4.78 is 11.1. The molecule has 1 aromatic heterocycles. The van der Waals surface area contributed by atoms with E-state index >= 15 is 0 Å². The molecule has 5 nitrogen and oxygen atoms in total. The van der Waals surface area contributed by atoms with Crippen molar-refractivity contribution < 1.29 is 13.9 Å². The topological polar surface area (TPSA) is 55.6 Å². The van der Waals surface area contributed by atoms with Crippen LogP contribution in [0.4, 0.5) is 0 Å². The minimum Gasteiger partial charge on any atom is -0.497 e. The molecule has 5 heteroatoms. The monoisotopic (exact) mass is 364 g/mol. The molecule has 1 amide bonds. The van der Waals surface area contributed by atoms with Gasteiger partial charge in [-0.25, -0.2) is 4.98 Å². The number of aryl methyl sites for hydroxylation is 1. The van der Waals surface area contributed by atoms with Crippen molar-refractivity contribution in [1.82, 2.24) is 9.88 Å². The maximum Gasteiger partial charge on any atom is 0.222 e. The maximum absolute atomic E-state index is 12.6. The van der Waals surface area contributed by atoms with Crippen LogP contribution in [0.2, 0.25) is 0 Å². The third kappa shape index (κ3) is 3.97. The number of likely N-dealkylation sites (tertiary alicyclic amines) is 1. The second-order valence-electron chi connectivity index (χ2n) is 7.03. The lowest BCUT2D eigenvalue weighted by molar-refractivity contribution is -0.132. The summed E-state index contributed by atoms with van der Waals surface area (Å²) in [7, 11) is 1.66. The fourth-order valence-corrected chi connectivity index (χ4v) is 3.68. The van der Waals surface area contributed by atoms with Gasteiger partial charge in [-0.3, -0.25) is 4.79 Å². The van der Waals surface area contributed by atoms with Crippen molar-refractivity contribution in [3.63, 3.8) is 0 Å². The van der Waals surface area contributed by atoms with Gasteiger partial charge in [0.1, 0.15) is 11.3 Å². The number of rotatable bonds is 5. The number of amides is 1. The quantitative estimate of drug-likeness (QED) is 0.682. The van der Waals surface area contributed by atoms with E-state index in [4.69, 9.17) is 9.15 Å². The first kappa shape index (κ1) is 17.6. The summed E-state index contributed by atoms with van der Waals surface area (Å²) in [6.07, 6.45) is 3.07. The zero-order valence-corrected chi connectivity index (χ0v) is 15.6. The number of fused-ring (bicyclic) bond motifs is 1. The number of oxazole rings is 1. The molecule has 1 aliphatic rings. The second-order valence-corrected chi connectivity index (χ2v) is 7.03. The van der Waals surface area contributed by atoms with Gasteiger partial charge in [-0.15, -0.1) is 0 Å². The van der Waals surface area contributed by atoms with Crippen LogP contribution in [0.1, 0.15) is 36.6 Å². The summed E-state index contributed by atoms with van der Waals surface area (Å²) in [6.45, 7) is 1.53. The molecule has 0 bridgehead atoms. The molecule has 0 radical (unpaired) electrons. The number of methoxy groups -OCH3 is 1. The largest absolute Gasteiger partial charge is 0.497 e. The van der Waals surface area contributed by atoms with Gasteiger partial charge >= 0.3 is 0 Å². The summed E-state index contributed by atoms with van der Waals surface area (Å²) in [5, 5.41) is 0. The number of benzene rings is 2. The van der Waals surface area contributed by atoms with Gasteiger partial charge in [0, 0.05) is 25.4 Å². The predicted molar refractivity (Wildman–Crippen MR) is 104 cm³/mol. The number of ether oxygens (including phenoxy) is 1. The van der Waals surface area contributed by atoms with Gasteiger partial charge < -0.3 is 14.1 Å². The molecule has 0 N–H and O–H groups in total. The summed E-state index contributed by atoms with van der Waals surface area (Å²) in [4.78, 5) is 19.2. The number of piperidine rings is 1. The SMILES string of the molecule is COc1cccc(CCC(=O)N2CCC(c3nc4ccccc4o3)CC2)c1. The Bertz CT molecular complexity index is 893. The Morgan fingerprint density at radius 3 is 2.78 bits per heavy atom. The number of para-hydroxylation sites is 2. The lowest BCUT2D eigenvalue weighted by Crippen LogP contribution is -2.38. The van der Waals surface area contributed by atoms with E-state index < -0.39 is 0 Å². The summed E-state index contributed by atoms with van der Waals surface area (Å²) in [5.74, 6) is 2.15. The Morgan fingerprint density at radius 2 is 2.00 bits per heavy atom. The normalized spacial score (nSPS) is 15.2. The fourth-order valence-electron chi connectivity index (χ4n) is 3.68. The van der Waals surface area contributed by atoms with Crippen LogP contribution in [-0.2, 0) is 11.2 Å². The molecule has 1 fully saturated rings. The Labute approximate surface area is 158 Å². The minimum atomic E-state index is 0.217. The van der Waals surface area contributed by atoms with Crippen LogP contribution in [0.3, 0.4) is 0 Å². The van der Waals surface area contributed by atoms with Gasteiger partial charge in [0.05, 0.1) is 7.11 Å². The van der Waals surface area contributed by atoms with Crippen molar-refractivity contribution >= 4 is 17.0 Å². The Kier molecular flexibility index (Phi) is 5.10. The smallest absolute Gasteiger partial charge is 0.222 e. The predicted octanol–water partition coefficient (Wildman–Crippen LogP) is 4.18. The van der Waals surface area contributed by atoms with Crippen molar-refractivity contribution in [2.45, 2.75) is 31.6 Å². The zero-order valence-electron chi connectivity index (χ0n) is 15.6.